The highest BCUT2D eigenvalue weighted by molar-refractivity contribution is 7.80. The van der Waals surface area contributed by atoms with Crippen molar-refractivity contribution in [2.45, 2.75) is 57.3 Å². The number of hydrogen-bond acceptors (Lipinski definition) is 7. The van der Waals surface area contributed by atoms with Crippen LogP contribution in [0.5, 0.6) is 0 Å². The summed E-state index contributed by atoms with van der Waals surface area (Å²) in [7, 11) is 0. The summed E-state index contributed by atoms with van der Waals surface area (Å²) >= 11 is 3.98. The summed E-state index contributed by atoms with van der Waals surface area (Å²) in [6.45, 7) is 3.87. The molecule has 1 heterocycles. The Labute approximate surface area is 215 Å². The number of thiol groups is 1. The molecule has 12 heteroatoms. The normalized spacial score (nSPS) is 14.4. The highest BCUT2D eigenvalue weighted by Crippen LogP contribution is 2.08. The molecule has 4 atom stereocenters. The number of aromatic amines is 1. The summed E-state index contributed by atoms with van der Waals surface area (Å²) in [6.07, 6.45) is 3.60. The van der Waals surface area contributed by atoms with Gasteiger partial charge in [-0.1, -0.05) is 44.2 Å². The monoisotopic (exact) mass is 518 g/mol. The van der Waals surface area contributed by atoms with Crippen LogP contribution in [0.2, 0.25) is 0 Å². The smallest absolute Gasteiger partial charge is 0.327 e. The van der Waals surface area contributed by atoms with Gasteiger partial charge in [0.05, 0.1) is 12.4 Å². The number of benzene rings is 1. The molecule has 0 saturated heterocycles. The molecule has 2 aromatic rings. The van der Waals surface area contributed by atoms with Crippen LogP contribution in [-0.2, 0) is 32.0 Å². The number of amides is 3. The minimum absolute atomic E-state index is 0.0834. The van der Waals surface area contributed by atoms with Crippen LogP contribution in [0, 0.1) is 5.92 Å². The van der Waals surface area contributed by atoms with Crippen molar-refractivity contribution in [2.75, 3.05) is 5.75 Å². The predicted octanol–water partition coefficient (Wildman–Crippen LogP) is 0.0371. The molecule has 0 aliphatic heterocycles. The SMILES string of the molecule is CC(C)CC(N)C(=O)NC(Cc1cnc[nH]1)C(=O)NC(Cc1ccccc1)C(=O)NC(CS)C(=O)O. The number of imidazole rings is 1. The first-order chi connectivity index (χ1) is 17.1. The van der Waals surface area contributed by atoms with Crippen molar-refractivity contribution >= 4 is 36.3 Å². The van der Waals surface area contributed by atoms with Crippen LogP contribution in [0.25, 0.3) is 0 Å². The second kappa shape index (κ2) is 14.2. The fourth-order valence-electron chi connectivity index (χ4n) is 3.51. The lowest BCUT2D eigenvalue weighted by atomic mass is 10.0. The Bertz CT molecular complexity index is 1000. The van der Waals surface area contributed by atoms with E-state index in [0.717, 1.165) is 5.56 Å². The summed E-state index contributed by atoms with van der Waals surface area (Å²) in [5.41, 5.74) is 7.35. The molecule has 0 fully saturated rings. The fraction of sp³-hybridized carbons (Fsp3) is 0.458. The number of aromatic nitrogens is 2. The number of aliphatic carboxylic acids is 1. The van der Waals surface area contributed by atoms with Crippen molar-refractivity contribution in [3.05, 3.63) is 54.1 Å². The Balaban J connectivity index is 2.24. The third kappa shape index (κ3) is 9.34. The molecule has 0 aliphatic carbocycles. The topological polar surface area (TPSA) is 179 Å². The molecule has 0 bridgehead atoms. The zero-order valence-electron chi connectivity index (χ0n) is 20.3. The van der Waals surface area contributed by atoms with Gasteiger partial charge in [-0.3, -0.25) is 14.4 Å². The molecule has 4 unspecified atom stereocenters. The van der Waals surface area contributed by atoms with Crippen molar-refractivity contribution in [3.8, 4) is 0 Å². The highest BCUT2D eigenvalue weighted by atomic mass is 32.1. The number of nitrogens with one attached hydrogen (secondary N) is 4. The van der Waals surface area contributed by atoms with Crippen LogP contribution < -0.4 is 21.7 Å². The molecule has 196 valence electrons. The molecule has 3 amide bonds. The summed E-state index contributed by atoms with van der Waals surface area (Å²) in [5, 5.41) is 17.1. The highest BCUT2D eigenvalue weighted by Gasteiger charge is 2.30. The van der Waals surface area contributed by atoms with E-state index in [1.807, 2.05) is 19.9 Å². The van der Waals surface area contributed by atoms with Crippen LogP contribution >= 0.6 is 12.6 Å². The maximum absolute atomic E-state index is 13.3. The number of nitrogens with two attached hydrogens (primary N) is 1. The third-order valence-corrected chi connectivity index (χ3v) is 5.75. The Hall–Kier alpha value is -3.38. The lowest BCUT2D eigenvalue weighted by Crippen LogP contribution is -2.58. The molecule has 1 aromatic heterocycles. The first-order valence-corrected chi connectivity index (χ1v) is 12.3. The van der Waals surface area contributed by atoms with E-state index in [4.69, 9.17) is 5.73 Å². The molecular weight excluding hydrogens is 484 g/mol. The van der Waals surface area contributed by atoms with Crippen molar-refractivity contribution < 1.29 is 24.3 Å². The molecule has 7 N–H and O–H groups in total. The van der Waals surface area contributed by atoms with Gasteiger partial charge in [0.25, 0.3) is 0 Å². The van der Waals surface area contributed by atoms with E-state index in [9.17, 15) is 24.3 Å². The lowest BCUT2D eigenvalue weighted by molar-refractivity contribution is -0.141. The number of nitrogens with zero attached hydrogens (tertiary/aromatic N) is 1. The van der Waals surface area contributed by atoms with E-state index in [1.54, 1.807) is 24.3 Å². The van der Waals surface area contributed by atoms with Crippen molar-refractivity contribution in [2.24, 2.45) is 11.7 Å². The molecule has 0 saturated carbocycles. The van der Waals surface area contributed by atoms with E-state index in [-0.39, 0.29) is 24.5 Å². The average Bonchev–Trinajstić information content (AvgIpc) is 3.34. The van der Waals surface area contributed by atoms with Gasteiger partial charge in [0.2, 0.25) is 17.7 Å². The number of carbonyl (C=O) groups is 4. The van der Waals surface area contributed by atoms with Gasteiger partial charge in [-0.15, -0.1) is 0 Å². The van der Waals surface area contributed by atoms with Gasteiger partial charge in [0.1, 0.15) is 18.1 Å². The maximum atomic E-state index is 13.3. The molecule has 1 aromatic carbocycles. The largest absolute Gasteiger partial charge is 0.480 e. The van der Waals surface area contributed by atoms with Crippen molar-refractivity contribution in [3.63, 3.8) is 0 Å². The molecule has 0 spiro atoms. The van der Waals surface area contributed by atoms with Crippen LogP contribution in [0.15, 0.2) is 42.9 Å². The predicted molar refractivity (Wildman–Crippen MR) is 137 cm³/mol. The van der Waals surface area contributed by atoms with Crippen LogP contribution in [-0.4, -0.2) is 68.7 Å². The van der Waals surface area contributed by atoms with Gasteiger partial charge in [0.15, 0.2) is 0 Å². The molecular formula is C24H34N6O5S. The summed E-state index contributed by atoms with van der Waals surface area (Å²) in [4.78, 5) is 57.3. The second-order valence-corrected chi connectivity index (χ2v) is 9.28. The van der Waals surface area contributed by atoms with Crippen LogP contribution in [0.3, 0.4) is 0 Å². The Morgan fingerprint density at radius 3 is 2.08 bits per heavy atom. The van der Waals surface area contributed by atoms with Gasteiger partial charge in [-0.2, -0.15) is 12.6 Å². The molecule has 0 radical (unpaired) electrons. The van der Waals surface area contributed by atoms with Gasteiger partial charge in [0, 0.05) is 30.5 Å². The number of rotatable bonds is 14. The summed E-state index contributed by atoms with van der Waals surface area (Å²) in [5.74, 6) is -2.99. The fourth-order valence-corrected chi connectivity index (χ4v) is 3.76. The van der Waals surface area contributed by atoms with E-state index in [0.29, 0.717) is 12.1 Å². The number of carboxylic acid groups (broad SMARTS) is 1. The Kier molecular flexibility index (Phi) is 11.4. The van der Waals surface area contributed by atoms with Crippen LogP contribution in [0.4, 0.5) is 0 Å². The minimum Gasteiger partial charge on any atom is -0.480 e. The molecule has 36 heavy (non-hydrogen) atoms. The maximum Gasteiger partial charge on any atom is 0.327 e. The van der Waals surface area contributed by atoms with Gasteiger partial charge < -0.3 is 31.8 Å². The number of carbonyl (C=O) groups excluding carboxylic acids is 3. The van der Waals surface area contributed by atoms with Crippen molar-refractivity contribution in [1.29, 1.82) is 0 Å². The van der Waals surface area contributed by atoms with E-state index in [1.165, 1.54) is 12.5 Å². The van der Waals surface area contributed by atoms with E-state index >= 15 is 0 Å². The number of H-pyrrole nitrogens is 1. The van der Waals surface area contributed by atoms with E-state index < -0.39 is 47.9 Å². The summed E-state index contributed by atoms with van der Waals surface area (Å²) in [6, 6.07) is 4.77. The number of carboxylic acids is 1. The first kappa shape index (κ1) is 28.9. The van der Waals surface area contributed by atoms with Crippen LogP contribution in [0.1, 0.15) is 31.5 Å². The first-order valence-electron chi connectivity index (χ1n) is 11.6. The molecule has 11 nitrogen and oxygen atoms in total. The van der Waals surface area contributed by atoms with Gasteiger partial charge in [-0.25, -0.2) is 9.78 Å². The Morgan fingerprint density at radius 2 is 1.56 bits per heavy atom. The Morgan fingerprint density at radius 1 is 0.972 bits per heavy atom. The minimum atomic E-state index is -1.24. The van der Waals surface area contributed by atoms with E-state index in [2.05, 4.69) is 38.5 Å². The quantitative estimate of drug-likeness (QED) is 0.172. The second-order valence-electron chi connectivity index (χ2n) is 8.91. The lowest BCUT2D eigenvalue weighted by Gasteiger charge is -2.25. The average molecular weight is 519 g/mol. The van der Waals surface area contributed by atoms with Crippen molar-refractivity contribution in [1.82, 2.24) is 25.9 Å². The zero-order chi connectivity index (χ0) is 26.7. The molecule has 0 aliphatic rings. The summed E-state index contributed by atoms with van der Waals surface area (Å²) < 4.78 is 0. The van der Waals surface area contributed by atoms with Gasteiger partial charge in [-0.05, 0) is 17.9 Å². The number of hydrogen-bond donors (Lipinski definition) is 7. The standard InChI is InChI=1S/C24H34N6O5S/c1-14(2)8-17(25)21(31)28-19(10-16-11-26-13-27-16)23(33)29-18(9-15-6-4-3-5-7-15)22(32)30-20(12-36)24(34)35/h3-7,11,13-14,17-20,36H,8-10,12,25H2,1-2H3,(H,26,27)(H,28,31)(H,29,33)(H,30,32)(H,34,35). The zero-order valence-corrected chi connectivity index (χ0v) is 21.2. The third-order valence-electron chi connectivity index (χ3n) is 5.39. The molecule has 2 rings (SSSR count). The van der Waals surface area contributed by atoms with Gasteiger partial charge >= 0.3 is 5.97 Å².